The summed E-state index contributed by atoms with van der Waals surface area (Å²) in [6.07, 6.45) is -3.32. The van der Waals surface area contributed by atoms with E-state index in [1.54, 1.807) is 24.1 Å². The highest BCUT2D eigenvalue weighted by Crippen LogP contribution is 2.30. The number of ether oxygens (including phenoxy) is 1. The molecule has 0 atom stereocenters. The normalized spacial score (nSPS) is 14.4. The Morgan fingerprint density at radius 1 is 0.944 bits per heavy atom. The van der Waals surface area contributed by atoms with E-state index < -0.39 is 11.7 Å². The molecule has 3 aromatic rings. The van der Waals surface area contributed by atoms with Crippen LogP contribution in [0.1, 0.15) is 34.3 Å². The van der Waals surface area contributed by atoms with Gasteiger partial charge < -0.3 is 15.0 Å². The Bertz CT molecular complexity index is 1200. The molecule has 1 aliphatic rings. The molecule has 0 saturated carbocycles. The number of hydrogen-bond donors (Lipinski definition) is 1. The first kappa shape index (κ1) is 25.3. The second-order valence-electron chi connectivity index (χ2n) is 8.76. The van der Waals surface area contributed by atoms with Gasteiger partial charge >= 0.3 is 6.18 Å². The van der Waals surface area contributed by atoms with E-state index in [1.165, 1.54) is 12.1 Å². The van der Waals surface area contributed by atoms with Crippen molar-refractivity contribution in [2.75, 3.05) is 20.2 Å². The highest BCUT2D eigenvalue weighted by molar-refractivity contribution is 5.95. The van der Waals surface area contributed by atoms with Gasteiger partial charge in [0.05, 0.1) is 12.7 Å². The van der Waals surface area contributed by atoms with E-state index in [0.29, 0.717) is 37.1 Å². The highest BCUT2D eigenvalue weighted by Gasteiger charge is 2.30. The van der Waals surface area contributed by atoms with E-state index in [4.69, 9.17) is 4.74 Å². The number of likely N-dealkylation sites (tertiary alicyclic amines) is 1. The number of hydrogen-bond acceptors (Lipinski definition) is 3. The molecular formula is C28H27F3N2O3. The van der Waals surface area contributed by atoms with Crippen molar-refractivity contribution in [3.8, 4) is 16.9 Å². The lowest BCUT2D eigenvalue weighted by molar-refractivity contribution is -0.137. The summed E-state index contributed by atoms with van der Waals surface area (Å²) in [4.78, 5) is 27.3. The van der Waals surface area contributed by atoms with Crippen LogP contribution in [0.2, 0.25) is 0 Å². The van der Waals surface area contributed by atoms with Crippen LogP contribution in [0.3, 0.4) is 0 Å². The summed E-state index contributed by atoms with van der Waals surface area (Å²) >= 11 is 0. The van der Waals surface area contributed by atoms with Gasteiger partial charge in [-0.15, -0.1) is 0 Å². The fourth-order valence-corrected chi connectivity index (χ4v) is 4.35. The number of alkyl halides is 3. The molecule has 0 radical (unpaired) electrons. The number of rotatable bonds is 6. The number of methoxy groups -OCH3 is 1. The zero-order chi connectivity index (χ0) is 25.7. The van der Waals surface area contributed by atoms with Gasteiger partial charge in [-0.1, -0.05) is 42.5 Å². The molecule has 1 saturated heterocycles. The SMILES string of the molecule is COc1ccccc1-c1ccc(C(=O)N2CCC(C(=O)NCc3ccc(C(F)(F)F)cc3)CC2)cc1. The van der Waals surface area contributed by atoms with Crippen molar-refractivity contribution >= 4 is 11.8 Å². The van der Waals surface area contributed by atoms with Crippen molar-refractivity contribution in [2.24, 2.45) is 5.92 Å². The number of piperidine rings is 1. The molecular weight excluding hydrogens is 469 g/mol. The monoisotopic (exact) mass is 496 g/mol. The van der Waals surface area contributed by atoms with Crippen LogP contribution in [0.5, 0.6) is 5.75 Å². The Hall–Kier alpha value is -3.81. The average Bonchev–Trinajstić information content (AvgIpc) is 2.91. The summed E-state index contributed by atoms with van der Waals surface area (Å²) in [5.74, 6) is 0.292. The van der Waals surface area contributed by atoms with E-state index >= 15 is 0 Å². The highest BCUT2D eigenvalue weighted by atomic mass is 19.4. The number of para-hydroxylation sites is 1. The van der Waals surface area contributed by atoms with Gasteiger partial charge in [0.15, 0.2) is 0 Å². The Morgan fingerprint density at radius 2 is 1.58 bits per heavy atom. The molecule has 2 amide bonds. The summed E-state index contributed by atoms with van der Waals surface area (Å²) in [5, 5.41) is 2.80. The summed E-state index contributed by atoms with van der Waals surface area (Å²) in [7, 11) is 1.62. The third-order valence-electron chi connectivity index (χ3n) is 6.45. The largest absolute Gasteiger partial charge is 0.496 e. The number of halogens is 3. The molecule has 4 rings (SSSR count). The van der Waals surface area contributed by atoms with Crippen molar-refractivity contribution in [3.63, 3.8) is 0 Å². The smallest absolute Gasteiger partial charge is 0.416 e. The molecule has 0 aromatic heterocycles. The van der Waals surface area contributed by atoms with Crippen LogP contribution in [0.4, 0.5) is 13.2 Å². The Balaban J connectivity index is 1.28. The number of benzene rings is 3. The lowest BCUT2D eigenvalue weighted by atomic mass is 9.95. The predicted molar refractivity (Wildman–Crippen MR) is 130 cm³/mol. The number of carbonyl (C=O) groups is 2. The second kappa shape index (κ2) is 10.8. The molecule has 1 heterocycles. The van der Waals surface area contributed by atoms with E-state index in [2.05, 4.69) is 5.32 Å². The molecule has 36 heavy (non-hydrogen) atoms. The van der Waals surface area contributed by atoms with E-state index in [0.717, 1.165) is 29.0 Å². The van der Waals surface area contributed by atoms with Crippen LogP contribution in [-0.2, 0) is 17.5 Å². The minimum absolute atomic E-state index is 0.0785. The van der Waals surface area contributed by atoms with Gasteiger partial charge in [-0.2, -0.15) is 13.2 Å². The van der Waals surface area contributed by atoms with Gasteiger partial charge in [0.25, 0.3) is 5.91 Å². The van der Waals surface area contributed by atoms with Crippen LogP contribution >= 0.6 is 0 Å². The van der Waals surface area contributed by atoms with Crippen LogP contribution in [0.25, 0.3) is 11.1 Å². The number of amides is 2. The van der Waals surface area contributed by atoms with Gasteiger partial charge in [-0.05, 0) is 54.3 Å². The fraction of sp³-hybridized carbons (Fsp3) is 0.286. The first-order valence-corrected chi connectivity index (χ1v) is 11.7. The molecule has 1 fully saturated rings. The van der Waals surface area contributed by atoms with Crippen molar-refractivity contribution in [2.45, 2.75) is 25.6 Å². The Morgan fingerprint density at radius 3 is 2.19 bits per heavy atom. The fourth-order valence-electron chi connectivity index (χ4n) is 4.35. The molecule has 5 nitrogen and oxygen atoms in total. The second-order valence-corrected chi connectivity index (χ2v) is 8.76. The maximum Gasteiger partial charge on any atom is 0.416 e. The summed E-state index contributed by atoms with van der Waals surface area (Å²) in [6.45, 7) is 1.09. The van der Waals surface area contributed by atoms with Gasteiger partial charge in [-0.25, -0.2) is 0 Å². The molecule has 3 aromatic carbocycles. The summed E-state index contributed by atoms with van der Waals surface area (Å²) in [6, 6.07) is 19.8. The van der Waals surface area contributed by atoms with Gasteiger partial charge in [0.2, 0.25) is 5.91 Å². The zero-order valence-corrected chi connectivity index (χ0v) is 19.8. The standard InChI is InChI=1S/C28H27F3N2O3/c1-36-25-5-3-2-4-24(25)20-8-10-22(11-9-20)27(35)33-16-14-21(15-17-33)26(34)32-18-19-6-12-23(13-7-19)28(29,30)31/h2-13,21H,14-18H2,1H3,(H,32,34). The quantitative estimate of drug-likeness (QED) is 0.487. The molecule has 0 aliphatic carbocycles. The Kier molecular flexibility index (Phi) is 7.62. The number of nitrogens with zero attached hydrogens (tertiary/aromatic N) is 1. The number of nitrogens with one attached hydrogen (secondary N) is 1. The topological polar surface area (TPSA) is 58.6 Å². The minimum atomic E-state index is -4.38. The molecule has 188 valence electrons. The van der Waals surface area contributed by atoms with E-state index in [9.17, 15) is 22.8 Å². The van der Waals surface area contributed by atoms with Crippen molar-refractivity contribution in [1.82, 2.24) is 10.2 Å². The molecule has 0 bridgehead atoms. The van der Waals surface area contributed by atoms with Gasteiger partial charge in [0, 0.05) is 36.7 Å². The van der Waals surface area contributed by atoms with E-state index in [-0.39, 0.29) is 24.3 Å². The lowest BCUT2D eigenvalue weighted by Gasteiger charge is -2.31. The van der Waals surface area contributed by atoms with Gasteiger partial charge in [0.1, 0.15) is 5.75 Å². The summed E-state index contributed by atoms with van der Waals surface area (Å²) < 4.78 is 43.5. The maximum absolute atomic E-state index is 13.0. The number of carbonyl (C=O) groups excluding carboxylic acids is 2. The third-order valence-corrected chi connectivity index (χ3v) is 6.45. The molecule has 1 N–H and O–H groups in total. The van der Waals surface area contributed by atoms with Crippen molar-refractivity contribution in [3.05, 3.63) is 89.5 Å². The van der Waals surface area contributed by atoms with Crippen molar-refractivity contribution in [1.29, 1.82) is 0 Å². The average molecular weight is 497 g/mol. The van der Waals surface area contributed by atoms with Crippen LogP contribution < -0.4 is 10.1 Å². The summed E-state index contributed by atoms with van der Waals surface area (Å²) in [5.41, 5.74) is 2.36. The van der Waals surface area contributed by atoms with E-state index in [1.807, 2.05) is 36.4 Å². The molecule has 0 unspecified atom stereocenters. The van der Waals surface area contributed by atoms with Crippen molar-refractivity contribution < 1.29 is 27.5 Å². The van der Waals surface area contributed by atoms with Crippen LogP contribution in [0, 0.1) is 5.92 Å². The third kappa shape index (κ3) is 5.87. The van der Waals surface area contributed by atoms with Crippen LogP contribution in [-0.4, -0.2) is 36.9 Å². The van der Waals surface area contributed by atoms with Gasteiger partial charge in [-0.3, -0.25) is 9.59 Å². The lowest BCUT2D eigenvalue weighted by Crippen LogP contribution is -2.42. The molecule has 0 spiro atoms. The minimum Gasteiger partial charge on any atom is -0.496 e. The first-order valence-electron chi connectivity index (χ1n) is 11.7. The molecule has 8 heteroatoms. The predicted octanol–water partition coefficient (Wildman–Crippen LogP) is 5.55. The first-order chi connectivity index (χ1) is 17.3. The zero-order valence-electron chi connectivity index (χ0n) is 19.8. The molecule has 1 aliphatic heterocycles. The Labute approximate surface area is 207 Å². The maximum atomic E-state index is 13.0. The van der Waals surface area contributed by atoms with Crippen LogP contribution in [0.15, 0.2) is 72.8 Å².